The summed E-state index contributed by atoms with van der Waals surface area (Å²) in [4.78, 5) is 15.5. The third-order valence-corrected chi connectivity index (χ3v) is 2.30. The van der Waals surface area contributed by atoms with Crippen molar-refractivity contribution in [3.05, 3.63) is 64.0 Å². The van der Waals surface area contributed by atoms with Crippen molar-refractivity contribution < 1.29 is 9.47 Å². The van der Waals surface area contributed by atoms with Crippen LogP contribution in [0.15, 0.2) is 42.7 Å². The Hall–Kier alpha value is -1.65. The molecule has 0 radical (unpaired) electrons. The smallest absolute Gasteiger partial charge is 0.164 e. The van der Waals surface area contributed by atoms with Gasteiger partial charge in [0, 0.05) is 17.7 Å². The average Bonchev–Trinajstić information content (AvgIpc) is 2.29. The van der Waals surface area contributed by atoms with Crippen LogP contribution in [0, 0.1) is 0 Å². The van der Waals surface area contributed by atoms with E-state index in [1.54, 1.807) is 24.5 Å². The van der Waals surface area contributed by atoms with Gasteiger partial charge in [-0.1, -0.05) is 29.3 Å². The third-order valence-electron chi connectivity index (χ3n) is 1.92. The Labute approximate surface area is 108 Å². The van der Waals surface area contributed by atoms with E-state index >= 15 is 0 Å². The van der Waals surface area contributed by atoms with Gasteiger partial charge in [-0.25, -0.2) is 9.66 Å². The van der Waals surface area contributed by atoms with Gasteiger partial charge in [0.25, 0.3) is 0 Å². The highest BCUT2D eigenvalue weighted by atomic mass is 35.5. The minimum atomic E-state index is -0.438. The summed E-state index contributed by atoms with van der Waals surface area (Å²) < 4.78 is 1.41. The first-order valence-corrected chi connectivity index (χ1v) is 5.46. The number of pyridine rings is 2. The van der Waals surface area contributed by atoms with Crippen LogP contribution in [0.5, 0.6) is 0 Å². The van der Waals surface area contributed by atoms with E-state index in [9.17, 15) is 4.79 Å². The molecule has 4 nitrogen and oxygen atoms in total. The largest absolute Gasteiger partial charge is 0.367 e. The molecule has 0 aliphatic carbocycles. The molecule has 0 atom stereocenters. The van der Waals surface area contributed by atoms with Crippen molar-refractivity contribution >= 4 is 29.1 Å². The molecule has 0 aromatic carbocycles. The standard InChI is InChI=1S/C11H7Cl2N3O/c12-9-6-8(7-10(13)14-9)11(17)15-16-4-2-1-3-5-16/h1-7H. The Morgan fingerprint density at radius 3 is 2.29 bits per heavy atom. The fourth-order valence-electron chi connectivity index (χ4n) is 1.21. The number of carbonyl (C=O) groups is 1. The fourth-order valence-corrected chi connectivity index (χ4v) is 1.67. The van der Waals surface area contributed by atoms with Gasteiger partial charge in [0.05, 0.1) is 0 Å². The molecule has 2 rings (SSSR count). The van der Waals surface area contributed by atoms with Crippen LogP contribution in [0.1, 0.15) is 10.4 Å². The first-order valence-electron chi connectivity index (χ1n) is 4.71. The van der Waals surface area contributed by atoms with E-state index in [0.717, 1.165) is 0 Å². The first kappa shape index (κ1) is 11.8. The molecule has 0 spiro atoms. The summed E-state index contributed by atoms with van der Waals surface area (Å²) in [6, 6.07) is 8.20. The van der Waals surface area contributed by atoms with E-state index < -0.39 is 5.91 Å². The molecule has 2 heterocycles. The molecule has 0 aliphatic heterocycles. The summed E-state index contributed by atoms with van der Waals surface area (Å²) in [5.41, 5.74) is 4.14. The SMILES string of the molecule is O=C([N-][n+]1ccccc1)c1cc(Cl)nc(Cl)c1. The van der Waals surface area contributed by atoms with Crippen LogP contribution < -0.4 is 4.68 Å². The number of aromatic nitrogens is 2. The fraction of sp³-hybridized carbons (Fsp3) is 0. The van der Waals surface area contributed by atoms with Crippen LogP contribution in [0.4, 0.5) is 0 Å². The van der Waals surface area contributed by atoms with Crippen molar-refractivity contribution in [1.82, 2.24) is 4.98 Å². The van der Waals surface area contributed by atoms with E-state index in [2.05, 4.69) is 10.4 Å². The van der Waals surface area contributed by atoms with Gasteiger partial charge in [-0.15, -0.1) is 0 Å². The minimum absolute atomic E-state index is 0.161. The molecule has 17 heavy (non-hydrogen) atoms. The zero-order valence-corrected chi connectivity index (χ0v) is 10.1. The van der Waals surface area contributed by atoms with Crippen molar-refractivity contribution in [2.75, 3.05) is 0 Å². The molecular weight excluding hydrogens is 261 g/mol. The van der Waals surface area contributed by atoms with Gasteiger partial charge in [0.2, 0.25) is 0 Å². The highest BCUT2D eigenvalue weighted by Crippen LogP contribution is 2.15. The predicted octanol–water partition coefficient (Wildman–Crippen LogP) is 2.65. The molecule has 6 heteroatoms. The van der Waals surface area contributed by atoms with E-state index in [1.165, 1.54) is 16.8 Å². The van der Waals surface area contributed by atoms with Gasteiger partial charge < -0.3 is 10.2 Å². The maximum Gasteiger partial charge on any atom is 0.164 e. The van der Waals surface area contributed by atoms with Gasteiger partial charge in [0.15, 0.2) is 12.4 Å². The lowest BCUT2D eigenvalue weighted by molar-refractivity contribution is -0.617. The zero-order valence-electron chi connectivity index (χ0n) is 8.55. The lowest BCUT2D eigenvalue weighted by atomic mass is 10.2. The van der Waals surface area contributed by atoms with Gasteiger partial charge in [-0.2, -0.15) is 0 Å². The van der Waals surface area contributed by atoms with Gasteiger partial charge in [-0.3, -0.25) is 0 Å². The Morgan fingerprint density at radius 2 is 1.71 bits per heavy atom. The zero-order chi connectivity index (χ0) is 12.3. The molecule has 0 saturated heterocycles. The molecule has 0 fully saturated rings. The Morgan fingerprint density at radius 1 is 1.12 bits per heavy atom. The second kappa shape index (κ2) is 5.12. The van der Waals surface area contributed by atoms with Gasteiger partial charge in [0.1, 0.15) is 16.2 Å². The molecule has 86 valence electrons. The first-order chi connectivity index (χ1) is 8.15. The summed E-state index contributed by atoms with van der Waals surface area (Å²) in [5, 5.41) is 0.322. The van der Waals surface area contributed by atoms with Crippen LogP contribution in [0.25, 0.3) is 5.43 Å². The summed E-state index contributed by atoms with van der Waals surface area (Å²) >= 11 is 11.4. The number of hydrogen-bond acceptors (Lipinski definition) is 2. The van der Waals surface area contributed by atoms with Crippen LogP contribution in [-0.2, 0) is 0 Å². The number of halogens is 2. The molecule has 0 unspecified atom stereocenters. The van der Waals surface area contributed by atoms with Crippen LogP contribution in [-0.4, -0.2) is 10.9 Å². The molecular formula is C11H7Cl2N3O. The van der Waals surface area contributed by atoms with Crippen molar-refractivity contribution in [3.8, 4) is 0 Å². The van der Waals surface area contributed by atoms with E-state index in [4.69, 9.17) is 23.2 Å². The second-order valence-electron chi connectivity index (χ2n) is 3.16. The van der Waals surface area contributed by atoms with Crippen molar-refractivity contribution in [2.45, 2.75) is 0 Å². The summed E-state index contributed by atoms with van der Waals surface area (Å²) in [5.74, 6) is -0.438. The third kappa shape index (κ3) is 3.15. The maximum absolute atomic E-state index is 11.8. The molecule has 0 N–H and O–H groups in total. The summed E-state index contributed by atoms with van der Waals surface area (Å²) in [7, 11) is 0. The normalized spacial score (nSPS) is 10.0. The number of carbonyl (C=O) groups excluding carboxylic acids is 1. The maximum atomic E-state index is 11.8. The highest BCUT2D eigenvalue weighted by Gasteiger charge is 2.04. The molecule has 2 aromatic heterocycles. The number of hydrogen-bond donors (Lipinski definition) is 0. The van der Waals surface area contributed by atoms with Gasteiger partial charge >= 0.3 is 0 Å². The number of amides is 1. The highest BCUT2D eigenvalue weighted by molar-refractivity contribution is 6.33. The lowest BCUT2D eigenvalue weighted by Gasteiger charge is -2.11. The topological polar surface area (TPSA) is 47.9 Å². The van der Waals surface area contributed by atoms with E-state index in [-0.39, 0.29) is 10.3 Å². The Balaban J connectivity index is 2.20. The van der Waals surface area contributed by atoms with Crippen LogP contribution >= 0.6 is 23.2 Å². The van der Waals surface area contributed by atoms with Crippen molar-refractivity contribution in [2.24, 2.45) is 0 Å². The summed E-state index contributed by atoms with van der Waals surface area (Å²) in [6.07, 6.45) is 3.31. The van der Waals surface area contributed by atoms with Crippen molar-refractivity contribution in [3.63, 3.8) is 0 Å². The van der Waals surface area contributed by atoms with Crippen LogP contribution in [0.3, 0.4) is 0 Å². The molecule has 0 aliphatic rings. The number of rotatable bonds is 2. The molecule has 2 aromatic rings. The monoisotopic (exact) mass is 267 g/mol. The van der Waals surface area contributed by atoms with Gasteiger partial charge in [-0.05, 0) is 12.1 Å². The molecule has 0 saturated carbocycles. The molecule has 1 amide bonds. The van der Waals surface area contributed by atoms with E-state index in [1.807, 2.05) is 6.07 Å². The predicted molar refractivity (Wildman–Crippen MR) is 64.0 cm³/mol. The quantitative estimate of drug-likeness (QED) is 0.621. The lowest BCUT2D eigenvalue weighted by Crippen LogP contribution is -2.30. The molecule has 0 bridgehead atoms. The number of nitrogens with zero attached hydrogens (tertiary/aromatic N) is 3. The second-order valence-corrected chi connectivity index (χ2v) is 3.94. The summed E-state index contributed by atoms with van der Waals surface area (Å²) in [6.45, 7) is 0. The Bertz CT molecular complexity index is 525. The Kier molecular flexibility index (Phi) is 3.56. The van der Waals surface area contributed by atoms with E-state index in [0.29, 0.717) is 5.56 Å². The van der Waals surface area contributed by atoms with Crippen LogP contribution in [0.2, 0.25) is 10.3 Å². The minimum Gasteiger partial charge on any atom is -0.367 e. The van der Waals surface area contributed by atoms with Crippen molar-refractivity contribution in [1.29, 1.82) is 0 Å². The average molecular weight is 268 g/mol.